The molecule has 0 spiro atoms. The summed E-state index contributed by atoms with van der Waals surface area (Å²) in [5.74, 6) is -1.63. The molecule has 4 amide bonds. The first-order valence-electron chi connectivity index (χ1n) is 6.71. The van der Waals surface area contributed by atoms with Crippen LogP contribution < -0.4 is 10.1 Å². The zero-order valence-electron chi connectivity index (χ0n) is 12.6. The Morgan fingerprint density at radius 1 is 1.38 bits per heavy atom. The van der Waals surface area contributed by atoms with Crippen molar-refractivity contribution in [3.8, 4) is 5.75 Å². The summed E-state index contributed by atoms with van der Waals surface area (Å²) in [5, 5.41) is 13.1. The molecule has 1 saturated heterocycles. The first kappa shape index (κ1) is 16.9. The first-order valence-corrected chi connectivity index (χ1v) is 6.71. The lowest BCUT2D eigenvalue weighted by molar-refractivity contribution is -0.385. The van der Waals surface area contributed by atoms with Crippen LogP contribution in [0.3, 0.4) is 0 Å². The highest BCUT2D eigenvalue weighted by molar-refractivity contribution is 6.31. The van der Waals surface area contributed by atoms with Crippen molar-refractivity contribution in [3.63, 3.8) is 0 Å². The van der Waals surface area contributed by atoms with Crippen LogP contribution in [0.25, 0.3) is 6.08 Å². The van der Waals surface area contributed by atoms with Crippen LogP contribution in [-0.4, -0.2) is 41.3 Å². The van der Waals surface area contributed by atoms with Gasteiger partial charge in [0.05, 0.1) is 12.0 Å². The molecule has 124 valence electrons. The van der Waals surface area contributed by atoms with Crippen molar-refractivity contribution in [2.45, 2.75) is 0 Å². The van der Waals surface area contributed by atoms with Crippen LogP contribution in [0.15, 0.2) is 36.4 Å². The number of nitro benzene ring substituents is 1. The SMILES string of the molecule is C=CCN1C(=O)NC(=O)/C(=C/c2ccc(OC)c([N+](=O)[O-])c2)C1=O. The summed E-state index contributed by atoms with van der Waals surface area (Å²) in [6.07, 6.45) is 2.51. The van der Waals surface area contributed by atoms with E-state index in [-0.39, 0.29) is 29.1 Å². The molecule has 0 bridgehead atoms. The summed E-state index contributed by atoms with van der Waals surface area (Å²) in [6, 6.07) is 3.12. The number of rotatable bonds is 5. The Hall–Kier alpha value is -3.49. The predicted octanol–water partition coefficient (Wildman–Crippen LogP) is 1.25. The maximum absolute atomic E-state index is 12.3. The third-order valence-electron chi connectivity index (χ3n) is 3.21. The second kappa shape index (κ2) is 6.73. The van der Waals surface area contributed by atoms with Gasteiger partial charge in [0.25, 0.3) is 11.8 Å². The molecular formula is C15H13N3O6. The minimum Gasteiger partial charge on any atom is -0.490 e. The van der Waals surface area contributed by atoms with Gasteiger partial charge in [-0.3, -0.25) is 29.9 Å². The van der Waals surface area contributed by atoms with Gasteiger partial charge in [-0.05, 0) is 17.7 Å². The number of barbiturate groups is 1. The van der Waals surface area contributed by atoms with E-state index in [1.807, 2.05) is 5.32 Å². The van der Waals surface area contributed by atoms with Crippen LogP contribution >= 0.6 is 0 Å². The van der Waals surface area contributed by atoms with Gasteiger partial charge in [-0.1, -0.05) is 12.1 Å². The van der Waals surface area contributed by atoms with Gasteiger partial charge in [0.15, 0.2) is 5.75 Å². The van der Waals surface area contributed by atoms with E-state index in [9.17, 15) is 24.5 Å². The van der Waals surface area contributed by atoms with Crippen LogP contribution in [0.4, 0.5) is 10.5 Å². The second-order valence-corrected chi connectivity index (χ2v) is 4.71. The van der Waals surface area contributed by atoms with Gasteiger partial charge in [-0.2, -0.15) is 0 Å². The standard InChI is InChI=1S/C15H13N3O6/c1-3-6-17-14(20)10(13(19)16-15(17)21)7-9-4-5-12(24-2)11(8-9)18(22)23/h3-5,7-8H,1,6H2,2H3,(H,16,19,21)/b10-7-. The Morgan fingerprint density at radius 3 is 2.67 bits per heavy atom. The van der Waals surface area contributed by atoms with Crippen LogP contribution in [0.2, 0.25) is 0 Å². The maximum Gasteiger partial charge on any atom is 0.331 e. The first-order chi connectivity index (χ1) is 11.4. The Bertz CT molecular complexity index is 783. The van der Waals surface area contributed by atoms with E-state index in [1.165, 1.54) is 37.5 Å². The number of benzene rings is 1. The van der Waals surface area contributed by atoms with Crippen molar-refractivity contribution in [1.82, 2.24) is 10.2 Å². The summed E-state index contributed by atoms with van der Waals surface area (Å²) in [6.45, 7) is 3.36. The molecule has 0 saturated carbocycles. The number of hydrogen-bond acceptors (Lipinski definition) is 6. The smallest absolute Gasteiger partial charge is 0.331 e. The molecular weight excluding hydrogens is 318 g/mol. The number of carbonyl (C=O) groups is 3. The number of amides is 4. The minimum absolute atomic E-state index is 0.0463. The van der Waals surface area contributed by atoms with Crippen LogP contribution in [0.5, 0.6) is 5.75 Å². The van der Waals surface area contributed by atoms with E-state index >= 15 is 0 Å². The molecule has 0 aromatic heterocycles. The van der Waals surface area contributed by atoms with Crippen molar-refractivity contribution in [2.24, 2.45) is 0 Å². The lowest BCUT2D eigenvalue weighted by Crippen LogP contribution is -2.54. The number of nitro groups is 1. The fraction of sp³-hybridized carbons (Fsp3) is 0.133. The topological polar surface area (TPSA) is 119 Å². The highest BCUT2D eigenvalue weighted by Gasteiger charge is 2.35. The van der Waals surface area contributed by atoms with E-state index in [0.717, 1.165) is 4.90 Å². The van der Waals surface area contributed by atoms with E-state index in [0.29, 0.717) is 0 Å². The van der Waals surface area contributed by atoms with E-state index in [2.05, 4.69) is 6.58 Å². The molecule has 0 atom stereocenters. The van der Waals surface area contributed by atoms with Gasteiger partial charge in [-0.15, -0.1) is 6.58 Å². The van der Waals surface area contributed by atoms with Crippen LogP contribution in [0, 0.1) is 10.1 Å². The molecule has 2 rings (SSSR count). The number of nitrogens with zero attached hydrogens (tertiary/aromatic N) is 2. The molecule has 0 radical (unpaired) electrons. The molecule has 1 aliphatic heterocycles. The molecule has 9 nitrogen and oxygen atoms in total. The fourth-order valence-corrected chi connectivity index (χ4v) is 2.10. The van der Waals surface area contributed by atoms with Crippen molar-refractivity contribution >= 4 is 29.6 Å². The highest BCUT2D eigenvalue weighted by Crippen LogP contribution is 2.28. The largest absolute Gasteiger partial charge is 0.490 e. The molecule has 1 aromatic rings. The molecule has 0 aliphatic carbocycles. The summed E-state index contributed by atoms with van der Waals surface area (Å²) in [5.41, 5.74) is -0.376. The Morgan fingerprint density at radius 2 is 2.08 bits per heavy atom. The Kier molecular flexibility index (Phi) is 4.73. The second-order valence-electron chi connectivity index (χ2n) is 4.71. The minimum atomic E-state index is -0.871. The summed E-state index contributed by atoms with van der Waals surface area (Å²) in [4.78, 5) is 46.9. The number of urea groups is 1. The monoisotopic (exact) mass is 331 g/mol. The molecule has 1 fully saturated rings. The summed E-state index contributed by atoms with van der Waals surface area (Å²) >= 11 is 0. The molecule has 1 aliphatic rings. The average Bonchev–Trinajstić information content (AvgIpc) is 2.55. The van der Waals surface area contributed by atoms with Crippen LogP contribution in [0.1, 0.15) is 5.56 Å². The maximum atomic E-state index is 12.3. The molecule has 1 aromatic carbocycles. The van der Waals surface area contributed by atoms with Gasteiger partial charge in [0.1, 0.15) is 5.57 Å². The number of methoxy groups -OCH3 is 1. The van der Waals surface area contributed by atoms with Gasteiger partial charge in [0, 0.05) is 12.6 Å². The van der Waals surface area contributed by atoms with Gasteiger partial charge >= 0.3 is 11.7 Å². The lowest BCUT2D eigenvalue weighted by Gasteiger charge is -2.25. The van der Waals surface area contributed by atoms with Gasteiger partial charge < -0.3 is 4.74 Å². The Balaban J connectivity index is 2.45. The van der Waals surface area contributed by atoms with E-state index in [4.69, 9.17) is 4.74 Å². The Labute approximate surface area is 136 Å². The van der Waals surface area contributed by atoms with Crippen LogP contribution in [-0.2, 0) is 9.59 Å². The quantitative estimate of drug-likeness (QED) is 0.285. The summed E-state index contributed by atoms with van der Waals surface area (Å²) < 4.78 is 4.88. The number of nitrogens with one attached hydrogen (secondary N) is 1. The molecule has 9 heteroatoms. The number of hydrogen-bond donors (Lipinski definition) is 1. The fourth-order valence-electron chi connectivity index (χ4n) is 2.10. The zero-order valence-corrected chi connectivity index (χ0v) is 12.6. The predicted molar refractivity (Wildman–Crippen MR) is 83.1 cm³/mol. The van der Waals surface area contributed by atoms with Crippen molar-refractivity contribution < 1.29 is 24.0 Å². The number of ether oxygens (including phenoxy) is 1. The average molecular weight is 331 g/mol. The normalized spacial score (nSPS) is 16.1. The third kappa shape index (κ3) is 3.14. The van der Waals surface area contributed by atoms with Crippen molar-refractivity contribution in [2.75, 3.05) is 13.7 Å². The molecule has 0 unspecified atom stereocenters. The van der Waals surface area contributed by atoms with E-state index < -0.39 is 22.8 Å². The lowest BCUT2D eigenvalue weighted by atomic mass is 10.1. The zero-order chi connectivity index (χ0) is 17.9. The summed E-state index contributed by atoms with van der Waals surface area (Å²) in [7, 11) is 1.29. The van der Waals surface area contributed by atoms with E-state index in [1.54, 1.807) is 0 Å². The molecule has 1 N–H and O–H groups in total. The van der Waals surface area contributed by atoms with Gasteiger partial charge in [-0.25, -0.2) is 4.79 Å². The highest BCUT2D eigenvalue weighted by atomic mass is 16.6. The van der Waals surface area contributed by atoms with Gasteiger partial charge in [0.2, 0.25) is 0 Å². The van der Waals surface area contributed by atoms with Crippen molar-refractivity contribution in [3.05, 3.63) is 52.1 Å². The molecule has 24 heavy (non-hydrogen) atoms. The third-order valence-corrected chi connectivity index (χ3v) is 3.21. The van der Waals surface area contributed by atoms with Crippen molar-refractivity contribution in [1.29, 1.82) is 0 Å². The number of imide groups is 2. The number of carbonyl (C=O) groups excluding carboxylic acids is 3. The molecule has 1 heterocycles.